The van der Waals surface area contributed by atoms with Gasteiger partial charge >= 0.3 is 0 Å². The van der Waals surface area contributed by atoms with Gasteiger partial charge in [-0.3, -0.25) is 14.9 Å². The van der Waals surface area contributed by atoms with Crippen LogP contribution in [-0.4, -0.2) is 45.8 Å². The molecule has 6 nitrogen and oxygen atoms in total. The molecule has 2 aromatic carbocycles. The molecule has 1 unspecified atom stereocenters. The van der Waals surface area contributed by atoms with Gasteiger partial charge in [-0.25, -0.2) is 5.48 Å². The number of carbonyl (C=O) groups excluding carboxylic acids is 1. The SMILES string of the molecule is O=C(C=Cc1ccc2c(c1)CCC2N(CCO)CCc1cc2ccccc2[nH]1)NO. The van der Waals surface area contributed by atoms with Crippen LogP contribution in [0.3, 0.4) is 0 Å². The Morgan fingerprint density at radius 1 is 1.20 bits per heavy atom. The number of rotatable bonds is 8. The third-order valence-electron chi connectivity index (χ3n) is 5.83. The molecular weight excluding hydrogens is 378 g/mol. The van der Waals surface area contributed by atoms with E-state index in [4.69, 9.17) is 5.21 Å². The van der Waals surface area contributed by atoms with Crippen molar-refractivity contribution in [2.24, 2.45) is 0 Å². The van der Waals surface area contributed by atoms with Crippen LogP contribution in [0, 0.1) is 0 Å². The van der Waals surface area contributed by atoms with Crippen LogP contribution in [0.4, 0.5) is 0 Å². The quantitative estimate of drug-likeness (QED) is 0.263. The van der Waals surface area contributed by atoms with Gasteiger partial charge in [0, 0.05) is 42.8 Å². The highest BCUT2D eigenvalue weighted by molar-refractivity contribution is 5.90. The molecule has 0 bridgehead atoms. The summed E-state index contributed by atoms with van der Waals surface area (Å²) in [6.45, 7) is 1.65. The number of aliphatic hydroxyl groups is 1. The first-order valence-electron chi connectivity index (χ1n) is 10.3. The fraction of sp³-hybridized carbons (Fsp3) is 0.292. The van der Waals surface area contributed by atoms with E-state index in [1.807, 2.05) is 18.2 Å². The third kappa shape index (κ3) is 4.46. The summed E-state index contributed by atoms with van der Waals surface area (Å²) in [6, 6.07) is 17.0. The summed E-state index contributed by atoms with van der Waals surface area (Å²) in [6.07, 6.45) is 5.90. The van der Waals surface area contributed by atoms with E-state index < -0.39 is 5.91 Å². The summed E-state index contributed by atoms with van der Waals surface area (Å²) in [4.78, 5) is 17.1. The maximum absolute atomic E-state index is 11.2. The van der Waals surface area contributed by atoms with Gasteiger partial charge in [0.2, 0.25) is 0 Å². The maximum atomic E-state index is 11.2. The molecule has 4 rings (SSSR count). The Hall–Kier alpha value is -2.93. The maximum Gasteiger partial charge on any atom is 0.267 e. The van der Waals surface area contributed by atoms with Crippen molar-refractivity contribution in [3.8, 4) is 0 Å². The molecule has 1 aliphatic carbocycles. The second-order valence-corrected chi connectivity index (χ2v) is 7.71. The van der Waals surface area contributed by atoms with Gasteiger partial charge in [0.05, 0.1) is 6.61 Å². The van der Waals surface area contributed by atoms with Crippen LogP contribution in [0.5, 0.6) is 0 Å². The second-order valence-electron chi connectivity index (χ2n) is 7.71. The lowest BCUT2D eigenvalue weighted by molar-refractivity contribution is -0.124. The molecule has 1 aromatic heterocycles. The number of nitrogens with one attached hydrogen (secondary N) is 2. The van der Waals surface area contributed by atoms with Gasteiger partial charge in [0.25, 0.3) is 5.91 Å². The number of hydrogen-bond acceptors (Lipinski definition) is 4. The minimum absolute atomic E-state index is 0.135. The van der Waals surface area contributed by atoms with E-state index in [1.165, 1.54) is 28.3 Å². The average molecular weight is 405 g/mol. The predicted octanol–water partition coefficient (Wildman–Crippen LogP) is 3.21. The summed E-state index contributed by atoms with van der Waals surface area (Å²) in [5.74, 6) is -0.542. The Labute approximate surface area is 175 Å². The monoisotopic (exact) mass is 405 g/mol. The summed E-state index contributed by atoms with van der Waals surface area (Å²) >= 11 is 0. The number of H-pyrrole nitrogens is 1. The van der Waals surface area contributed by atoms with Crippen LogP contribution in [0.15, 0.2) is 54.6 Å². The van der Waals surface area contributed by atoms with E-state index in [9.17, 15) is 9.90 Å². The highest BCUT2D eigenvalue weighted by Crippen LogP contribution is 2.36. The van der Waals surface area contributed by atoms with Crippen LogP contribution in [0.25, 0.3) is 17.0 Å². The number of aryl methyl sites for hydroxylation is 1. The molecule has 0 saturated heterocycles. The molecule has 0 fully saturated rings. The molecular formula is C24H27N3O3. The van der Waals surface area contributed by atoms with Crippen molar-refractivity contribution in [3.05, 3.63) is 77.0 Å². The predicted molar refractivity (Wildman–Crippen MR) is 117 cm³/mol. The Kier molecular flexibility index (Phi) is 6.28. The first kappa shape index (κ1) is 20.3. The highest BCUT2D eigenvalue weighted by atomic mass is 16.5. The molecule has 1 amide bonds. The van der Waals surface area contributed by atoms with E-state index in [0.29, 0.717) is 6.54 Å². The molecule has 0 saturated carbocycles. The van der Waals surface area contributed by atoms with Gasteiger partial charge < -0.3 is 10.1 Å². The fourth-order valence-corrected chi connectivity index (χ4v) is 4.39. The van der Waals surface area contributed by atoms with E-state index in [2.05, 4.69) is 40.2 Å². The number of para-hydroxylation sites is 1. The molecule has 3 aromatic rings. The largest absolute Gasteiger partial charge is 0.395 e. The number of aromatic nitrogens is 1. The molecule has 1 heterocycles. The Morgan fingerprint density at radius 3 is 2.87 bits per heavy atom. The smallest absolute Gasteiger partial charge is 0.267 e. The number of hydrogen-bond donors (Lipinski definition) is 4. The summed E-state index contributed by atoms with van der Waals surface area (Å²) < 4.78 is 0. The van der Waals surface area contributed by atoms with Gasteiger partial charge in [0.15, 0.2) is 0 Å². The summed E-state index contributed by atoms with van der Waals surface area (Å²) in [5.41, 5.74) is 7.47. The van der Waals surface area contributed by atoms with Crippen molar-refractivity contribution in [3.63, 3.8) is 0 Å². The van der Waals surface area contributed by atoms with Gasteiger partial charge in [-0.2, -0.15) is 0 Å². The van der Waals surface area contributed by atoms with Crippen molar-refractivity contribution in [2.75, 3.05) is 19.7 Å². The topological polar surface area (TPSA) is 88.6 Å². The van der Waals surface area contributed by atoms with Crippen molar-refractivity contribution >= 4 is 22.9 Å². The standard InChI is InChI=1S/C24H27N3O3/c28-14-13-27(12-11-20-16-19-3-1-2-4-22(19)25-20)23-9-7-18-15-17(5-8-21(18)23)6-10-24(29)26-30/h1-6,8,10,15-16,23,25,28,30H,7,9,11-14H2,(H,26,29). The number of aliphatic hydroxyl groups excluding tert-OH is 1. The van der Waals surface area contributed by atoms with Crippen molar-refractivity contribution < 1.29 is 15.1 Å². The zero-order valence-corrected chi connectivity index (χ0v) is 16.8. The van der Waals surface area contributed by atoms with Crippen LogP contribution in [-0.2, 0) is 17.6 Å². The lowest BCUT2D eigenvalue weighted by atomic mass is 10.0. The summed E-state index contributed by atoms with van der Waals surface area (Å²) in [7, 11) is 0. The van der Waals surface area contributed by atoms with Crippen molar-refractivity contribution in [1.29, 1.82) is 0 Å². The molecule has 30 heavy (non-hydrogen) atoms. The number of hydroxylamine groups is 1. The van der Waals surface area contributed by atoms with Crippen molar-refractivity contribution in [2.45, 2.75) is 25.3 Å². The zero-order chi connectivity index (χ0) is 20.9. The van der Waals surface area contributed by atoms with Crippen LogP contribution >= 0.6 is 0 Å². The van der Waals surface area contributed by atoms with Gasteiger partial charge in [-0.15, -0.1) is 0 Å². The first-order chi connectivity index (χ1) is 14.7. The van der Waals surface area contributed by atoms with Crippen LogP contribution in [0.2, 0.25) is 0 Å². The normalized spacial score (nSPS) is 15.9. The molecule has 1 aliphatic rings. The molecule has 0 radical (unpaired) electrons. The summed E-state index contributed by atoms with van der Waals surface area (Å²) in [5, 5.41) is 19.5. The highest BCUT2D eigenvalue weighted by Gasteiger charge is 2.27. The molecule has 1 atom stereocenters. The van der Waals surface area contributed by atoms with Crippen LogP contribution < -0.4 is 5.48 Å². The Balaban J connectivity index is 1.47. The molecule has 4 N–H and O–H groups in total. The molecule has 156 valence electrons. The van der Waals surface area contributed by atoms with E-state index in [-0.39, 0.29) is 12.6 Å². The van der Waals surface area contributed by atoms with E-state index in [0.717, 1.165) is 36.9 Å². The minimum Gasteiger partial charge on any atom is -0.395 e. The van der Waals surface area contributed by atoms with E-state index in [1.54, 1.807) is 11.6 Å². The van der Waals surface area contributed by atoms with Crippen LogP contribution in [0.1, 0.15) is 34.8 Å². The molecule has 6 heteroatoms. The number of carbonyl (C=O) groups is 1. The number of nitrogens with zero attached hydrogens (tertiary/aromatic N) is 1. The number of aromatic amines is 1. The zero-order valence-electron chi connectivity index (χ0n) is 16.8. The number of fused-ring (bicyclic) bond motifs is 2. The number of amides is 1. The average Bonchev–Trinajstić information content (AvgIpc) is 3.38. The van der Waals surface area contributed by atoms with E-state index >= 15 is 0 Å². The lowest BCUT2D eigenvalue weighted by Crippen LogP contribution is -2.32. The fourth-order valence-electron chi connectivity index (χ4n) is 4.39. The second kappa shape index (κ2) is 9.26. The van der Waals surface area contributed by atoms with Gasteiger partial charge in [0.1, 0.15) is 0 Å². The van der Waals surface area contributed by atoms with Gasteiger partial charge in [-0.05, 0) is 53.1 Å². The van der Waals surface area contributed by atoms with Crippen molar-refractivity contribution in [1.82, 2.24) is 15.4 Å². The lowest BCUT2D eigenvalue weighted by Gasteiger charge is -2.29. The number of benzene rings is 2. The first-order valence-corrected chi connectivity index (χ1v) is 10.3. The molecule has 0 spiro atoms. The van der Waals surface area contributed by atoms with Gasteiger partial charge in [-0.1, -0.05) is 36.4 Å². The Bertz CT molecular complexity index is 1020. The minimum atomic E-state index is -0.542. The molecule has 0 aliphatic heterocycles. The Morgan fingerprint density at radius 2 is 2.07 bits per heavy atom. The third-order valence-corrected chi connectivity index (χ3v) is 5.83.